The summed E-state index contributed by atoms with van der Waals surface area (Å²) in [6.07, 6.45) is 0. The summed E-state index contributed by atoms with van der Waals surface area (Å²) in [5.74, 6) is 0. The first-order valence-corrected chi connectivity index (χ1v) is 22.5. The molecule has 2 aliphatic rings. The fourth-order valence-corrected chi connectivity index (χ4v) is 11.6. The molecule has 2 heteroatoms. The highest BCUT2D eigenvalue weighted by Crippen LogP contribution is 2.66. The second-order valence-corrected chi connectivity index (χ2v) is 17.5. The molecular weight excluding hydrogens is 787 g/mol. The predicted molar refractivity (Wildman–Crippen MR) is 271 cm³/mol. The SMILES string of the molecule is c1ccc2c(c1)-c1ccccc1C21c2ccccc2-c2cc3c(oc4ccccc43)c(N(c3ccc(-c4cccc5ccccc45)cc3)c3ccc(-c4cccc5ccccc45)cc3)c21. The van der Waals surface area contributed by atoms with Crippen molar-refractivity contribution >= 4 is 60.5 Å². The van der Waals surface area contributed by atoms with Crippen molar-refractivity contribution in [2.45, 2.75) is 5.41 Å². The molecular formula is C63H39NO. The van der Waals surface area contributed by atoms with E-state index in [1.54, 1.807) is 0 Å². The zero-order chi connectivity index (χ0) is 42.6. The molecule has 0 aliphatic heterocycles. The number of furan rings is 1. The maximum Gasteiger partial charge on any atom is 0.159 e. The molecule has 0 radical (unpaired) electrons. The summed E-state index contributed by atoms with van der Waals surface area (Å²) in [5, 5.41) is 7.16. The summed E-state index contributed by atoms with van der Waals surface area (Å²) >= 11 is 0. The van der Waals surface area contributed by atoms with Crippen molar-refractivity contribution in [3.05, 3.63) is 259 Å². The van der Waals surface area contributed by atoms with Gasteiger partial charge in [-0.25, -0.2) is 0 Å². The van der Waals surface area contributed by atoms with Gasteiger partial charge in [-0.2, -0.15) is 0 Å². The summed E-state index contributed by atoms with van der Waals surface area (Å²) < 4.78 is 7.25. The Bertz CT molecular complexity index is 3710. The number of rotatable bonds is 5. The van der Waals surface area contributed by atoms with Crippen molar-refractivity contribution in [1.82, 2.24) is 0 Å². The van der Waals surface area contributed by atoms with Crippen LogP contribution in [0.5, 0.6) is 0 Å². The van der Waals surface area contributed by atoms with Gasteiger partial charge in [0.1, 0.15) is 5.58 Å². The van der Waals surface area contributed by atoms with Crippen LogP contribution in [0.2, 0.25) is 0 Å². The molecule has 2 nitrogen and oxygen atoms in total. The van der Waals surface area contributed by atoms with E-state index in [1.165, 1.54) is 88.3 Å². The van der Waals surface area contributed by atoms with E-state index in [0.29, 0.717) is 0 Å². The highest BCUT2D eigenvalue weighted by Gasteiger charge is 2.54. The fraction of sp³-hybridized carbons (Fsp3) is 0.0159. The van der Waals surface area contributed by atoms with Crippen LogP contribution in [-0.4, -0.2) is 0 Å². The molecule has 1 aromatic heterocycles. The topological polar surface area (TPSA) is 16.4 Å². The second-order valence-electron chi connectivity index (χ2n) is 17.5. The van der Waals surface area contributed by atoms with Crippen molar-refractivity contribution in [1.29, 1.82) is 0 Å². The van der Waals surface area contributed by atoms with E-state index in [1.807, 2.05) is 0 Å². The first kappa shape index (κ1) is 36.1. The Balaban J connectivity index is 1.09. The van der Waals surface area contributed by atoms with Crippen molar-refractivity contribution in [3.8, 4) is 44.5 Å². The first-order chi connectivity index (χ1) is 32.3. The minimum absolute atomic E-state index is 0.619. The van der Waals surface area contributed by atoms with Crippen LogP contribution in [0.15, 0.2) is 241 Å². The maximum atomic E-state index is 7.25. The number of para-hydroxylation sites is 1. The van der Waals surface area contributed by atoms with Crippen LogP contribution < -0.4 is 4.90 Å². The fourth-order valence-electron chi connectivity index (χ4n) is 11.6. The average Bonchev–Trinajstić information content (AvgIpc) is 4.00. The minimum Gasteiger partial charge on any atom is -0.454 e. The summed E-state index contributed by atoms with van der Waals surface area (Å²) in [6.45, 7) is 0. The number of nitrogens with zero attached hydrogens (tertiary/aromatic N) is 1. The van der Waals surface area contributed by atoms with Gasteiger partial charge in [0.2, 0.25) is 0 Å². The lowest BCUT2D eigenvalue weighted by molar-refractivity contribution is 0.667. The Hall–Kier alpha value is -8.46. The Morgan fingerprint density at radius 3 is 1.28 bits per heavy atom. The average molecular weight is 826 g/mol. The van der Waals surface area contributed by atoms with Crippen molar-refractivity contribution in [2.24, 2.45) is 0 Å². The molecule has 0 amide bonds. The van der Waals surface area contributed by atoms with E-state index >= 15 is 0 Å². The van der Waals surface area contributed by atoms with E-state index in [9.17, 15) is 0 Å². The Kier molecular flexibility index (Phi) is 7.64. The van der Waals surface area contributed by atoms with E-state index in [4.69, 9.17) is 4.42 Å². The molecule has 1 heterocycles. The number of fused-ring (bicyclic) bond motifs is 15. The molecule has 0 fully saturated rings. The van der Waals surface area contributed by atoms with Crippen LogP contribution in [0, 0.1) is 0 Å². The number of hydrogen-bond donors (Lipinski definition) is 0. The predicted octanol–water partition coefficient (Wildman–Crippen LogP) is 17.0. The first-order valence-electron chi connectivity index (χ1n) is 22.5. The number of hydrogen-bond acceptors (Lipinski definition) is 2. The van der Waals surface area contributed by atoms with Crippen LogP contribution in [0.4, 0.5) is 17.1 Å². The standard InChI is InChI=1S/C63H39NO/c1-3-19-46-40(15-1)17-13-25-48(46)42-31-35-44(36-32-42)64(45-37-33-43(34-38-45)49-26-14-18-41-16-2-4-20-47(41)49)61-60-54(39-55-53-24-8-12-30-59(53)65-62(55)61)52-23-7-11-29-58(52)63(60)56-27-9-5-21-50(56)51-22-6-10-28-57(51)63/h1-39H. The molecule has 2 aliphatic carbocycles. The highest BCUT2D eigenvalue weighted by atomic mass is 16.3. The van der Waals surface area contributed by atoms with Crippen LogP contribution in [-0.2, 0) is 5.41 Å². The molecule has 14 rings (SSSR count). The van der Waals surface area contributed by atoms with Gasteiger partial charge in [0.05, 0.1) is 11.1 Å². The molecule has 1 spiro atoms. The molecule has 12 aromatic rings. The molecule has 11 aromatic carbocycles. The summed E-state index contributed by atoms with van der Waals surface area (Å²) in [4.78, 5) is 2.49. The summed E-state index contributed by atoms with van der Waals surface area (Å²) in [7, 11) is 0. The van der Waals surface area contributed by atoms with Gasteiger partial charge in [0.25, 0.3) is 0 Å². The Morgan fingerprint density at radius 2 is 0.738 bits per heavy atom. The monoisotopic (exact) mass is 825 g/mol. The van der Waals surface area contributed by atoms with Crippen molar-refractivity contribution < 1.29 is 4.42 Å². The maximum absolute atomic E-state index is 7.25. The molecule has 0 saturated carbocycles. The zero-order valence-corrected chi connectivity index (χ0v) is 35.4. The van der Waals surface area contributed by atoms with Gasteiger partial charge in [-0.3, -0.25) is 0 Å². The van der Waals surface area contributed by atoms with Gasteiger partial charge in [-0.15, -0.1) is 0 Å². The zero-order valence-electron chi connectivity index (χ0n) is 35.4. The van der Waals surface area contributed by atoms with E-state index in [2.05, 4.69) is 241 Å². The van der Waals surface area contributed by atoms with E-state index in [-0.39, 0.29) is 0 Å². The largest absolute Gasteiger partial charge is 0.454 e. The molecule has 302 valence electrons. The summed E-state index contributed by atoms with van der Waals surface area (Å²) in [6, 6.07) is 87.0. The lowest BCUT2D eigenvalue weighted by Crippen LogP contribution is -2.28. The van der Waals surface area contributed by atoms with Crippen LogP contribution in [0.3, 0.4) is 0 Å². The smallest absolute Gasteiger partial charge is 0.159 e. The van der Waals surface area contributed by atoms with Crippen molar-refractivity contribution in [2.75, 3.05) is 4.90 Å². The van der Waals surface area contributed by atoms with Gasteiger partial charge >= 0.3 is 0 Å². The van der Waals surface area contributed by atoms with Gasteiger partial charge in [-0.05, 0) is 119 Å². The third kappa shape index (κ3) is 5.05. The molecule has 0 atom stereocenters. The molecule has 0 N–H and O–H groups in total. The molecule has 0 saturated heterocycles. The minimum atomic E-state index is -0.619. The highest BCUT2D eigenvalue weighted by molar-refractivity contribution is 6.16. The van der Waals surface area contributed by atoms with Gasteiger partial charge in [-0.1, -0.05) is 200 Å². The number of benzene rings is 11. The van der Waals surface area contributed by atoms with Crippen LogP contribution in [0.1, 0.15) is 22.3 Å². The quantitative estimate of drug-likeness (QED) is 0.172. The van der Waals surface area contributed by atoms with Crippen molar-refractivity contribution in [3.63, 3.8) is 0 Å². The third-order valence-electron chi connectivity index (χ3n) is 14.3. The van der Waals surface area contributed by atoms with Crippen LogP contribution in [0.25, 0.3) is 88.0 Å². The molecule has 65 heavy (non-hydrogen) atoms. The normalized spacial score (nSPS) is 13.0. The second kappa shape index (κ2) is 13.8. The summed E-state index contributed by atoms with van der Waals surface area (Å²) in [5.41, 5.74) is 19.2. The molecule has 0 unspecified atom stereocenters. The lowest BCUT2D eigenvalue weighted by Gasteiger charge is -2.36. The molecule has 0 bridgehead atoms. The Morgan fingerprint density at radius 1 is 0.323 bits per heavy atom. The van der Waals surface area contributed by atoms with E-state index in [0.717, 1.165) is 39.0 Å². The lowest BCUT2D eigenvalue weighted by atomic mass is 9.69. The van der Waals surface area contributed by atoms with E-state index < -0.39 is 5.41 Å². The Labute approximate surface area is 376 Å². The number of anilines is 3. The van der Waals surface area contributed by atoms with Gasteiger partial charge in [0.15, 0.2) is 5.58 Å². The van der Waals surface area contributed by atoms with Gasteiger partial charge in [0, 0.05) is 27.7 Å². The third-order valence-corrected chi connectivity index (χ3v) is 14.3. The van der Waals surface area contributed by atoms with Gasteiger partial charge < -0.3 is 9.32 Å². The van der Waals surface area contributed by atoms with Crippen LogP contribution >= 0.6 is 0 Å².